The van der Waals surface area contributed by atoms with Gasteiger partial charge in [0.05, 0.1) is 18.8 Å². The van der Waals surface area contributed by atoms with E-state index in [1.54, 1.807) is 6.07 Å². The van der Waals surface area contributed by atoms with Crippen LogP contribution >= 0.6 is 0 Å². The van der Waals surface area contributed by atoms with E-state index in [9.17, 15) is 4.79 Å². The van der Waals surface area contributed by atoms with Crippen LogP contribution in [-0.2, 0) is 11.2 Å². The number of amides is 1. The molecule has 0 radical (unpaired) electrons. The molecule has 21 heavy (non-hydrogen) atoms. The number of rotatable bonds is 4. The number of hydrogen-bond donors (Lipinski definition) is 1. The molecule has 0 aliphatic carbocycles. The highest BCUT2D eigenvalue weighted by Crippen LogP contribution is 2.19. The molecule has 1 fully saturated rings. The number of morpholine rings is 1. The van der Waals surface area contributed by atoms with Gasteiger partial charge in [-0.15, -0.1) is 0 Å². The summed E-state index contributed by atoms with van der Waals surface area (Å²) in [5, 5.41) is 0. The van der Waals surface area contributed by atoms with E-state index in [4.69, 9.17) is 10.5 Å². The summed E-state index contributed by atoms with van der Waals surface area (Å²) in [6.07, 6.45) is 2.78. The average Bonchev–Trinajstić information content (AvgIpc) is 2.46. The summed E-state index contributed by atoms with van der Waals surface area (Å²) < 4.78 is 5.65. The summed E-state index contributed by atoms with van der Waals surface area (Å²) in [5.41, 5.74) is 7.37. The third-order valence-electron chi connectivity index (χ3n) is 3.85. The molecule has 0 aromatic carbocycles. The number of nitrogen functional groups attached to an aromatic ring is 1. The van der Waals surface area contributed by atoms with E-state index in [1.807, 2.05) is 17.9 Å². The van der Waals surface area contributed by atoms with Crippen molar-refractivity contribution in [1.29, 1.82) is 0 Å². The number of aryl methyl sites for hydroxylation is 1. The molecule has 2 rings (SSSR count). The van der Waals surface area contributed by atoms with E-state index in [0.29, 0.717) is 24.5 Å². The topological polar surface area (TPSA) is 68.5 Å². The Morgan fingerprint density at radius 2 is 2.24 bits per heavy atom. The van der Waals surface area contributed by atoms with Crippen molar-refractivity contribution in [1.82, 2.24) is 9.88 Å². The maximum atomic E-state index is 12.8. The van der Waals surface area contributed by atoms with Crippen LogP contribution in [0.15, 0.2) is 12.1 Å². The Hall–Kier alpha value is -1.62. The van der Waals surface area contributed by atoms with Crippen LogP contribution < -0.4 is 5.73 Å². The van der Waals surface area contributed by atoms with E-state index >= 15 is 0 Å². The van der Waals surface area contributed by atoms with Crippen molar-refractivity contribution < 1.29 is 9.53 Å². The Morgan fingerprint density at radius 3 is 2.90 bits per heavy atom. The number of carbonyl (C=O) groups is 1. The summed E-state index contributed by atoms with van der Waals surface area (Å²) in [6, 6.07) is 3.68. The molecule has 2 N–H and O–H groups in total. The minimum absolute atomic E-state index is 0.0310. The van der Waals surface area contributed by atoms with Gasteiger partial charge in [0.25, 0.3) is 5.91 Å². The predicted octanol–water partition coefficient (Wildman–Crippen LogP) is 2.26. The van der Waals surface area contributed by atoms with Crippen LogP contribution in [0, 0.1) is 0 Å². The molecule has 5 nitrogen and oxygen atoms in total. The first kappa shape index (κ1) is 15.8. The highest BCUT2D eigenvalue weighted by Gasteiger charge is 2.30. The Bertz CT molecular complexity index is 504. The van der Waals surface area contributed by atoms with Gasteiger partial charge >= 0.3 is 0 Å². The van der Waals surface area contributed by atoms with Gasteiger partial charge in [0.1, 0.15) is 5.82 Å². The summed E-state index contributed by atoms with van der Waals surface area (Å²) in [6.45, 7) is 7.39. The van der Waals surface area contributed by atoms with Gasteiger partial charge in [-0.05, 0) is 31.9 Å². The van der Waals surface area contributed by atoms with Crippen molar-refractivity contribution in [3.05, 3.63) is 23.4 Å². The van der Waals surface area contributed by atoms with Gasteiger partial charge in [-0.1, -0.05) is 20.3 Å². The van der Waals surface area contributed by atoms with E-state index < -0.39 is 0 Å². The van der Waals surface area contributed by atoms with Crippen LogP contribution in [0.5, 0.6) is 0 Å². The Morgan fingerprint density at radius 1 is 1.48 bits per heavy atom. The minimum atomic E-state index is 0.0310. The summed E-state index contributed by atoms with van der Waals surface area (Å²) >= 11 is 0. The molecule has 0 saturated carbocycles. The second kappa shape index (κ2) is 6.89. The van der Waals surface area contributed by atoms with E-state index in [-0.39, 0.29) is 18.1 Å². The average molecular weight is 291 g/mol. The molecule has 2 unspecified atom stereocenters. The Labute approximate surface area is 126 Å². The molecule has 2 heterocycles. The Kier molecular flexibility index (Phi) is 5.17. The van der Waals surface area contributed by atoms with Gasteiger partial charge in [0.2, 0.25) is 0 Å². The number of aromatic nitrogens is 1. The maximum absolute atomic E-state index is 12.8. The molecule has 1 amide bonds. The van der Waals surface area contributed by atoms with Crippen molar-refractivity contribution in [2.75, 3.05) is 18.9 Å². The molecule has 1 aromatic heterocycles. The van der Waals surface area contributed by atoms with Crippen LogP contribution in [0.1, 0.15) is 49.7 Å². The van der Waals surface area contributed by atoms with Crippen molar-refractivity contribution in [2.24, 2.45) is 0 Å². The molecule has 0 bridgehead atoms. The predicted molar refractivity (Wildman–Crippen MR) is 83.2 cm³/mol. The zero-order chi connectivity index (χ0) is 15.4. The smallest absolute Gasteiger partial charge is 0.254 e. The molecular formula is C16H25N3O2. The number of hydrogen-bond acceptors (Lipinski definition) is 4. The lowest BCUT2D eigenvalue weighted by molar-refractivity contribution is -0.0444. The van der Waals surface area contributed by atoms with Crippen LogP contribution in [0.25, 0.3) is 0 Å². The fourth-order valence-corrected chi connectivity index (χ4v) is 2.72. The van der Waals surface area contributed by atoms with Gasteiger partial charge in [0.15, 0.2) is 0 Å². The van der Waals surface area contributed by atoms with Crippen molar-refractivity contribution >= 4 is 11.7 Å². The van der Waals surface area contributed by atoms with Gasteiger partial charge in [-0.25, -0.2) is 4.98 Å². The molecular weight excluding hydrogens is 266 g/mol. The van der Waals surface area contributed by atoms with Crippen molar-refractivity contribution in [3.8, 4) is 0 Å². The molecule has 0 spiro atoms. The van der Waals surface area contributed by atoms with Crippen LogP contribution in [0.2, 0.25) is 0 Å². The highest BCUT2D eigenvalue weighted by molar-refractivity contribution is 5.95. The van der Waals surface area contributed by atoms with E-state index in [1.165, 1.54) is 0 Å². The first-order valence-corrected chi connectivity index (χ1v) is 7.74. The molecule has 2 atom stereocenters. The monoisotopic (exact) mass is 291 g/mol. The minimum Gasteiger partial charge on any atom is -0.384 e. The molecule has 5 heteroatoms. The number of nitrogens with zero attached hydrogens (tertiary/aromatic N) is 2. The number of ether oxygens (including phenoxy) is 1. The normalized spacial score (nSPS) is 22.3. The van der Waals surface area contributed by atoms with E-state index in [2.05, 4.69) is 18.8 Å². The zero-order valence-corrected chi connectivity index (χ0v) is 13.1. The fraction of sp³-hybridized carbons (Fsp3) is 0.625. The lowest BCUT2D eigenvalue weighted by Crippen LogP contribution is -2.51. The van der Waals surface area contributed by atoms with Gasteiger partial charge in [-0.2, -0.15) is 0 Å². The zero-order valence-electron chi connectivity index (χ0n) is 13.1. The van der Waals surface area contributed by atoms with E-state index in [0.717, 1.165) is 25.0 Å². The van der Waals surface area contributed by atoms with Crippen molar-refractivity contribution in [3.63, 3.8) is 0 Å². The van der Waals surface area contributed by atoms with Gasteiger partial charge < -0.3 is 15.4 Å². The molecule has 1 saturated heterocycles. The molecule has 1 aromatic rings. The van der Waals surface area contributed by atoms with Crippen LogP contribution in [0.3, 0.4) is 0 Å². The van der Waals surface area contributed by atoms with Crippen LogP contribution in [0.4, 0.5) is 5.82 Å². The molecule has 1 aliphatic heterocycles. The lowest BCUT2D eigenvalue weighted by Gasteiger charge is -2.38. The highest BCUT2D eigenvalue weighted by atomic mass is 16.5. The summed E-state index contributed by atoms with van der Waals surface area (Å²) in [4.78, 5) is 19.0. The summed E-state index contributed by atoms with van der Waals surface area (Å²) in [5.74, 6) is 0.446. The lowest BCUT2D eigenvalue weighted by atomic mass is 10.1. The van der Waals surface area contributed by atoms with Crippen molar-refractivity contribution in [2.45, 2.75) is 52.2 Å². The third-order valence-corrected chi connectivity index (χ3v) is 3.85. The largest absolute Gasteiger partial charge is 0.384 e. The number of pyridine rings is 1. The number of carbonyl (C=O) groups excluding carboxylic acids is 1. The maximum Gasteiger partial charge on any atom is 0.254 e. The summed E-state index contributed by atoms with van der Waals surface area (Å²) in [7, 11) is 0. The molecule has 1 aliphatic rings. The van der Waals surface area contributed by atoms with Gasteiger partial charge in [-0.3, -0.25) is 4.79 Å². The quantitative estimate of drug-likeness (QED) is 0.924. The standard InChI is InChI=1S/C16H25N3O2/c1-4-6-13-7-12(8-15(17)18-13)16(20)19-9-11(3)21-10-14(19)5-2/h7-8,11,14H,4-6,9-10H2,1-3H3,(H2,17,18). The first-order valence-electron chi connectivity index (χ1n) is 7.74. The third kappa shape index (κ3) is 3.73. The number of nitrogens with two attached hydrogens (primary N) is 1. The van der Waals surface area contributed by atoms with Crippen LogP contribution in [-0.4, -0.2) is 41.1 Å². The second-order valence-electron chi connectivity index (χ2n) is 5.69. The van der Waals surface area contributed by atoms with Gasteiger partial charge in [0, 0.05) is 17.8 Å². The number of anilines is 1. The Balaban J connectivity index is 2.25. The second-order valence-corrected chi connectivity index (χ2v) is 5.69. The fourth-order valence-electron chi connectivity index (χ4n) is 2.72. The SMILES string of the molecule is CCCc1cc(C(=O)N2CC(C)OCC2CC)cc(N)n1. The first-order chi connectivity index (χ1) is 10.0. The molecule has 116 valence electrons.